The van der Waals surface area contributed by atoms with Gasteiger partial charge in [0.1, 0.15) is 0 Å². The lowest BCUT2D eigenvalue weighted by Gasteiger charge is -2.26. The van der Waals surface area contributed by atoms with Gasteiger partial charge in [0.05, 0.1) is 10.6 Å². The molecule has 1 rings (SSSR count). The van der Waals surface area contributed by atoms with Crippen LogP contribution in [0.15, 0.2) is 0 Å². The topological polar surface area (TPSA) is 33.2 Å². The Morgan fingerprint density at radius 2 is 2.06 bits per heavy atom. The fourth-order valence-corrected chi connectivity index (χ4v) is 2.57. The summed E-state index contributed by atoms with van der Waals surface area (Å²) >= 11 is 1.48. The molecule has 0 aromatic carbocycles. The first kappa shape index (κ1) is 13.2. The van der Waals surface area contributed by atoms with E-state index in [1.165, 1.54) is 11.3 Å². The first-order valence-corrected chi connectivity index (χ1v) is 6.35. The van der Waals surface area contributed by atoms with Gasteiger partial charge in [-0.25, -0.2) is 4.98 Å². The van der Waals surface area contributed by atoms with Crippen molar-refractivity contribution in [2.75, 3.05) is 18.5 Å². The molecule has 0 aliphatic carbocycles. The van der Waals surface area contributed by atoms with Gasteiger partial charge in [-0.1, -0.05) is 39.0 Å². The Morgan fingerprint density at radius 3 is 2.44 bits per heavy atom. The van der Waals surface area contributed by atoms with Crippen molar-refractivity contribution in [2.24, 2.45) is 5.41 Å². The third-order valence-corrected chi connectivity index (χ3v) is 3.33. The van der Waals surface area contributed by atoms with Gasteiger partial charge >= 0.3 is 0 Å². The average molecular weight is 240 g/mol. The molecule has 0 amide bonds. The lowest BCUT2D eigenvalue weighted by atomic mass is 9.96. The van der Waals surface area contributed by atoms with E-state index < -0.39 is 0 Å². The number of nitrogens with zero attached hydrogens (tertiary/aromatic N) is 2. The summed E-state index contributed by atoms with van der Waals surface area (Å²) in [5, 5.41) is 0.939. The third-order valence-electron chi connectivity index (χ3n) is 2.20. The Balaban J connectivity index is 2.88. The summed E-state index contributed by atoms with van der Waals surface area (Å²) in [7, 11) is 2.03. The highest BCUT2D eigenvalue weighted by molar-refractivity contribution is 7.17. The van der Waals surface area contributed by atoms with Crippen molar-refractivity contribution in [1.29, 1.82) is 0 Å². The fourth-order valence-electron chi connectivity index (χ4n) is 1.64. The highest BCUT2D eigenvalue weighted by Crippen LogP contribution is 2.27. The number of rotatable bonds is 4. The molecule has 0 saturated carbocycles. The van der Waals surface area contributed by atoms with Crippen LogP contribution in [0.3, 0.4) is 0 Å². The number of aromatic nitrogens is 1. The zero-order valence-corrected chi connectivity index (χ0v) is 11.5. The van der Waals surface area contributed by atoms with Crippen molar-refractivity contribution >= 4 is 22.8 Å². The number of carbonyl (C=O) groups excluding carboxylic acids is 1. The van der Waals surface area contributed by atoms with E-state index in [-0.39, 0.29) is 5.41 Å². The second kappa shape index (κ2) is 4.95. The van der Waals surface area contributed by atoms with Gasteiger partial charge in [0.25, 0.3) is 0 Å². The Morgan fingerprint density at radius 1 is 1.44 bits per heavy atom. The molecule has 1 aromatic rings. The second-order valence-electron chi connectivity index (χ2n) is 5.20. The number of carbonyl (C=O) groups is 1. The number of aryl methyl sites for hydroxylation is 1. The Labute approximate surface area is 101 Å². The van der Waals surface area contributed by atoms with Gasteiger partial charge in [-0.3, -0.25) is 4.79 Å². The van der Waals surface area contributed by atoms with Crippen molar-refractivity contribution in [3.05, 3.63) is 10.6 Å². The van der Waals surface area contributed by atoms with E-state index in [4.69, 9.17) is 0 Å². The first-order chi connectivity index (χ1) is 7.37. The monoisotopic (exact) mass is 240 g/mol. The SMILES string of the molecule is CCc1nc(N(C)CC(C)(C)C)sc1C=O. The van der Waals surface area contributed by atoms with Crippen molar-refractivity contribution < 1.29 is 4.79 Å². The van der Waals surface area contributed by atoms with Gasteiger partial charge in [-0.15, -0.1) is 0 Å². The van der Waals surface area contributed by atoms with Crippen molar-refractivity contribution in [3.63, 3.8) is 0 Å². The molecule has 3 nitrogen and oxygen atoms in total. The quantitative estimate of drug-likeness (QED) is 0.759. The van der Waals surface area contributed by atoms with Crippen molar-refractivity contribution in [1.82, 2.24) is 4.98 Å². The maximum atomic E-state index is 10.9. The molecule has 0 N–H and O–H groups in total. The highest BCUT2D eigenvalue weighted by Gasteiger charge is 2.17. The molecule has 1 aromatic heterocycles. The summed E-state index contributed by atoms with van der Waals surface area (Å²) in [6.07, 6.45) is 1.72. The van der Waals surface area contributed by atoms with E-state index in [2.05, 4.69) is 30.7 Å². The molecular weight excluding hydrogens is 220 g/mol. The zero-order valence-electron chi connectivity index (χ0n) is 10.7. The van der Waals surface area contributed by atoms with Crippen LogP contribution in [0, 0.1) is 5.41 Å². The summed E-state index contributed by atoms with van der Waals surface area (Å²) in [5.41, 5.74) is 1.14. The van der Waals surface area contributed by atoms with Crippen LogP contribution in [0.25, 0.3) is 0 Å². The Hall–Kier alpha value is -0.900. The average Bonchev–Trinajstić information content (AvgIpc) is 2.57. The van der Waals surface area contributed by atoms with Crippen LogP contribution in [-0.2, 0) is 6.42 Å². The molecule has 90 valence electrons. The summed E-state index contributed by atoms with van der Waals surface area (Å²) in [4.78, 5) is 18.2. The zero-order chi connectivity index (χ0) is 12.3. The lowest BCUT2D eigenvalue weighted by molar-refractivity contribution is 0.112. The van der Waals surface area contributed by atoms with Gasteiger partial charge < -0.3 is 4.90 Å². The molecule has 1 heterocycles. The smallest absolute Gasteiger partial charge is 0.185 e. The number of thiazole rings is 1. The molecule has 16 heavy (non-hydrogen) atoms. The van der Waals surface area contributed by atoms with Crippen LogP contribution in [0.5, 0.6) is 0 Å². The van der Waals surface area contributed by atoms with Gasteiger partial charge in [-0.05, 0) is 11.8 Å². The number of hydrogen-bond donors (Lipinski definition) is 0. The highest BCUT2D eigenvalue weighted by atomic mass is 32.1. The van der Waals surface area contributed by atoms with Gasteiger partial charge in [0.15, 0.2) is 11.4 Å². The largest absolute Gasteiger partial charge is 0.351 e. The summed E-state index contributed by atoms with van der Waals surface area (Å²) in [6.45, 7) is 9.53. The normalized spacial score (nSPS) is 11.6. The number of anilines is 1. The van der Waals surface area contributed by atoms with Gasteiger partial charge in [0, 0.05) is 13.6 Å². The molecule has 0 unspecified atom stereocenters. The second-order valence-corrected chi connectivity index (χ2v) is 6.20. The molecule has 0 aliphatic heterocycles. The Kier molecular flexibility index (Phi) is 4.08. The van der Waals surface area contributed by atoms with Gasteiger partial charge in [0.2, 0.25) is 0 Å². The standard InChI is InChI=1S/C12H20N2OS/c1-6-9-10(7-15)16-11(13-9)14(5)8-12(2,3)4/h7H,6,8H2,1-5H3. The van der Waals surface area contributed by atoms with E-state index in [0.717, 1.165) is 35.0 Å². The predicted molar refractivity (Wildman–Crippen MR) is 69.6 cm³/mol. The minimum absolute atomic E-state index is 0.230. The lowest BCUT2D eigenvalue weighted by Crippen LogP contribution is -2.28. The van der Waals surface area contributed by atoms with Crippen LogP contribution < -0.4 is 4.90 Å². The maximum absolute atomic E-state index is 10.9. The van der Waals surface area contributed by atoms with E-state index in [1.54, 1.807) is 0 Å². The van der Waals surface area contributed by atoms with Crippen LogP contribution >= 0.6 is 11.3 Å². The molecule has 0 fully saturated rings. The predicted octanol–water partition coefficient (Wildman–Crippen LogP) is 3.00. The third kappa shape index (κ3) is 3.30. The first-order valence-electron chi connectivity index (χ1n) is 5.53. The Bertz CT molecular complexity index is 366. The summed E-state index contributed by atoms with van der Waals surface area (Å²) < 4.78 is 0. The minimum atomic E-state index is 0.230. The van der Waals surface area contributed by atoms with Crippen LogP contribution in [-0.4, -0.2) is 24.9 Å². The number of hydrogen-bond acceptors (Lipinski definition) is 4. The number of aldehydes is 1. The molecule has 0 radical (unpaired) electrons. The van der Waals surface area contributed by atoms with E-state index in [0.29, 0.717) is 0 Å². The van der Waals surface area contributed by atoms with Crippen LogP contribution in [0.2, 0.25) is 0 Å². The summed E-state index contributed by atoms with van der Waals surface area (Å²) in [6, 6.07) is 0. The van der Waals surface area contributed by atoms with E-state index in [9.17, 15) is 4.79 Å². The molecule has 0 aliphatic rings. The minimum Gasteiger partial charge on any atom is -0.351 e. The molecular formula is C12H20N2OS. The van der Waals surface area contributed by atoms with Crippen LogP contribution in [0.1, 0.15) is 43.1 Å². The molecule has 0 spiro atoms. The summed E-state index contributed by atoms with van der Waals surface area (Å²) in [5.74, 6) is 0. The maximum Gasteiger partial charge on any atom is 0.185 e. The van der Waals surface area contributed by atoms with Crippen LogP contribution in [0.4, 0.5) is 5.13 Å². The van der Waals surface area contributed by atoms with Crippen molar-refractivity contribution in [3.8, 4) is 0 Å². The molecule has 0 atom stereocenters. The molecule has 0 bridgehead atoms. The molecule has 0 saturated heterocycles. The van der Waals surface area contributed by atoms with E-state index >= 15 is 0 Å². The van der Waals surface area contributed by atoms with E-state index in [1.807, 2.05) is 14.0 Å². The van der Waals surface area contributed by atoms with Gasteiger partial charge in [-0.2, -0.15) is 0 Å². The fraction of sp³-hybridized carbons (Fsp3) is 0.667. The van der Waals surface area contributed by atoms with Crippen molar-refractivity contribution in [2.45, 2.75) is 34.1 Å². The molecule has 4 heteroatoms.